The highest BCUT2D eigenvalue weighted by Gasteiger charge is 2.35. The number of hydrogen-bond donors (Lipinski definition) is 1. The Morgan fingerprint density at radius 1 is 1.23 bits per heavy atom. The van der Waals surface area contributed by atoms with E-state index in [2.05, 4.69) is 5.10 Å². The number of esters is 1. The van der Waals surface area contributed by atoms with Gasteiger partial charge in [-0.3, -0.25) is 5.10 Å². The summed E-state index contributed by atoms with van der Waals surface area (Å²) in [5.74, 6) is -0.768. The van der Waals surface area contributed by atoms with Gasteiger partial charge in [0.15, 0.2) is 0 Å². The van der Waals surface area contributed by atoms with Gasteiger partial charge in [-0.15, -0.1) is 0 Å². The van der Waals surface area contributed by atoms with E-state index in [1.807, 2.05) is 5.10 Å². The predicted molar refractivity (Wildman–Crippen MR) is 84.9 cm³/mol. The number of rotatable bonds is 6. The van der Waals surface area contributed by atoms with Crippen LogP contribution < -0.4 is 0 Å². The Morgan fingerprint density at radius 2 is 1.85 bits per heavy atom. The van der Waals surface area contributed by atoms with Crippen molar-refractivity contribution in [2.24, 2.45) is 0 Å². The average Bonchev–Trinajstić information content (AvgIpc) is 3.03. The quantitative estimate of drug-likeness (QED) is 0.761. The summed E-state index contributed by atoms with van der Waals surface area (Å²) in [6, 6.07) is 5.06. The summed E-state index contributed by atoms with van der Waals surface area (Å²) in [6.45, 7) is -0.279. The largest absolute Gasteiger partial charge is 0.462 e. The number of benzene rings is 1. The summed E-state index contributed by atoms with van der Waals surface area (Å²) in [7, 11) is -0.865. The van der Waals surface area contributed by atoms with E-state index < -0.39 is 27.9 Å². The van der Waals surface area contributed by atoms with Crippen molar-refractivity contribution in [1.82, 2.24) is 14.5 Å². The minimum absolute atomic E-state index is 0.00673. The lowest BCUT2D eigenvalue weighted by atomic mass is 10.2. The molecule has 2 rings (SSSR count). The monoisotopic (exact) mass is 391 g/mol. The minimum atomic E-state index is -4.57. The van der Waals surface area contributed by atoms with Gasteiger partial charge in [0.2, 0.25) is 10.0 Å². The number of halogens is 3. The van der Waals surface area contributed by atoms with E-state index in [4.69, 9.17) is 4.74 Å². The van der Waals surface area contributed by atoms with Crippen LogP contribution in [0.1, 0.15) is 21.6 Å². The Hall–Kier alpha value is -2.40. The minimum Gasteiger partial charge on any atom is -0.462 e. The van der Waals surface area contributed by atoms with E-state index in [0.29, 0.717) is 0 Å². The number of carbonyl (C=O) groups excluding carboxylic acids is 1. The van der Waals surface area contributed by atoms with Gasteiger partial charge in [0.25, 0.3) is 0 Å². The molecule has 11 heteroatoms. The van der Waals surface area contributed by atoms with Crippen LogP contribution in [0.15, 0.2) is 35.4 Å². The van der Waals surface area contributed by atoms with Gasteiger partial charge in [-0.1, -0.05) is 0 Å². The Kier molecular flexibility index (Phi) is 5.71. The van der Waals surface area contributed by atoms with E-state index in [-0.39, 0.29) is 29.1 Å². The number of carbonyl (C=O) groups is 1. The van der Waals surface area contributed by atoms with Crippen molar-refractivity contribution in [2.45, 2.75) is 17.5 Å². The molecule has 142 valence electrons. The number of alkyl halides is 3. The van der Waals surface area contributed by atoms with Gasteiger partial charge in [-0.25, -0.2) is 17.5 Å². The molecule has 0 saturated carbocycles. The highest BCUT2D eigenvalue weighted by molar-refractivity contribution is 7.89. The highest BCUT2D eigenvalue weighted by Crippen LogP contribution is 2.30. The van der Waals surface area contributed by atoms with E-state index in [1.165, 1.54) is 38.4 Å². The van der Waals surface area contributed by atoms with Crippen LogP contribution in [0, 0.1) is 0 Å². The Bertz CT molecular complexity index is 874. The normalized spacial score (nSPS) is 12.4. The van der Waals surface area contributed by atoms with Gasteiger partial charge in [0.05, 0.1) is 23.3 Å². The fourth-order valence-electron chi connectivity index (χ4n) is 2.06. The first-order valence-electron chi connectivity index (χ1n) is 7.32. The van der Waals surface area contributed by atoms with Crippen LogP contribution in [0.2, 0.25) is 0 Å². The second-order valence-electron chi connectivity index (χ2n) is 5.47. The molecule has 0 fully saturated rings. The summed E-state index contributed by atoms with van der Waals surface area (Å²) in [5.41, 5.74) is -1.00. The maximum absolute atomic E-state index is 12.7. The third kappa shape index (κ3) is 4.41. The first kappa shape index (κ1) is 19.9. The molecular weight excluding hydrogens is 375 g/mol. The number of H-pyrrole nitrogens is 1. The molecule has 0 atom stereocenters. The SMILES string of the molecule is CN(C)S(=O)(=O)c1ccc(C(=O)OCCc2cn[nH]c2C(F)(F)F)cc1. The number of hydrogen-bond acceptors (Lipinski definition) is 5. The molecule has 7 nitrogen and oxygen atoms in total. The molecule has 0 aliphatic carbocycles. The van der Waals surface area contributed by atoms with Gasteiger partial charge in [-0.2, -0.15) is 18.3 Å². The van der Waals surface area contributed by atoms with Crippen molar-refractivity contribution >= 4 is 16.0 Å². The number of ether oxygens (including phenoxy) is 1. The third-order valence-corrected chi connectivity index (χ3v) is 5.30. The second-order valence-corrected chi connectivity index (χ2v) is 7.62. The molecule has 0 amide bonds. The molecule has 0 unspecified atom stereocenters. The Morgan fingerprint density at radius 3 is 2.38 bits per heavy atom. The molecule has 0 radical (unpaired) electrons. The number of aromatic amines is 1. The van der Waals surface area contributed by atoms with Crippen molar-refractivity contribution in [3.63, 3.8) is 0 Å². The van der Waals surface area contributed by atoms with Gasteiger partial charge in [0, 0.05) is 26.1 Å². The van der Waals surface area contributed by atoms with E-state index >= 15 is 0 Å². The standard InChI is InChI=1S/C15H16F3N3O4S/c1-21(2)26(23,24)12-5-3-10(4-6-12)14(22)25-8-7-11-9-19-20-13(11)15(16,17)18/h3-6,9H,7-8H2,1-2H3,(H,19,20). The predicted octanol–water partition coefficient (Wildman–Crippen LogP) is 2.08. The molecule has 1 aromatic carbocycles. The van der Waals surface area contributed by atoms with Crippen LogP contribution in [-0.4, -0.2) is 49.6 Å². The zero-order chi connectivity index (χ0) is 19.5. The number of aromatic nitrogens is 2. The molecule has 1 aromatic heterocycles. The smallest absolute Gasteiger partial charge is 0.433 e. The summed E-state index contributed by atoms with van der Waals surface area (Å²) >= 11 is 0. The van der Waals surface area contributed by atoms with Crippen molar-refractivity contribution in [1.29, 1.82) is 0 Å². The lowest BCUT2D eigenvalue weighted by Crippen LogP contribution is -2.22. The molecule has 1 heterocycles. The lowest BCUT2D eigenvalue weighted by Gasteiger charge is -2.11. The molecular formula is C15H16F3N3O4S. The van der Waals surface area contributed by atoms with Crippen LogP contribution in [0.5, 0.6) is 0 Å². The molecule has 0 aliphatic rings. The van der Waals surface area contributed by atoms with Crippen LogP contribution in [0.3, 0.4) is 0 Å². The number of sulfonamides is 1. The molecule has 0 aliphatic heterocycles. The molecule has 1 N–H and O–H groups in total. The maximum Gasteiger partial charge on any atom is 0.433 e. The van der Waals surface area contributed by atoms with Crippen LogP contribution in [0.25, 0.3) is 0 Å². The van der Waals surface area contributed by atoms with E-state index in [0.717, 1.165) is 10.5 Å². The van der Waals surface area contributed by atoms with Crippen LogP contribution in [-0.2, 0) is 27.4 Å². The number of nitrogens with zero attached hydrogens (tertiary/aromatic N) is 2. The fraction of sp³-hybridized carbons (Fsp3) is 0.333. The average molecular weight is 391 g/mol. The summed E-state index contributed by atoms with van der Waals surface area (Å²) < 4.78 is 67.9. The van der Waals surface area contributed by atoms with Crippen molar-refractivity contribution in [3.05, 3.63) is 47.3 Å². The maximum atomic E-state index is 12.7. The van der Waals surface area contributed by atoms with Crippen molar-refractivity contribution < 1.29 is 31.1 Å². The first-order chi connectivity index (χ1) is 12.0. The molecule has 2 aromatic rings. The number of nitrogens with one attached hydrogen (secondary N) is 1. The van der Waals surface area contributed by atoms with Crippen LogP contribution in [0.4, 0.5) is 13.2 Å². The van der Waals surface area contributed by atoms with Crippen LogP contribution >= 0.6 is 0 Å². The van der Waals surface area contributed by atoms with Crippen molar-refractivity contribution in [2.75, 3.05) is 20.7 Å². The van der Waals surface area contributed by atoms with Crippen molar-refractivity contribution in [3.8, 4) is 0 Å². The van der Waals surface area contributed by atoms with Gasteiger partial charge in [0.1, 0.15) is 5.69 Å². The fourth-order valence-corrected chi connectivity index (χ4v) is 2.96. The third-order valence-electron chi connectivity index (χ3n) is 3.47. The zero-order valence-corrected chi connectivity index (χ0v) is 14.7. The van der Waals surface area contributed by atoms with Gasteiger partial charge in [-0.05, 0) is 24.3 Å². The van der Waals surface area contributed by atoms with Gasteiger partial charge >= 0.3 is 12.1 Å². The first-order valence-corrected chi connectivity index (χ1v) is 8.76. The van der Waals surface area contributed by atoms with E-state index in [9.17, 15) is 26.4 Å². The lowest BCUT2D eigenvalue weighted by molar-refractivity contribution is -0.141. The summed E-state index contributed by atoms with van der Waals surface area (Å²) in [6.07, 6.45) is -3.70. The highest BCUT2D eigenvalue weighted by atomic mass is 32.2. The van der Waals surface area contributed by atoms with Gasteiger partial charge < -0.3 is 4.74 Å². The molecule has 26 heavy (non-hydrogen) atoms. The molecule has 0 spiro atoms. The molecule has 0 bridgehead atoms. The Balaban J connectivity index is 1.98. The summed E-state index contributed by atoms with van der Waals surface area (Å²) in [5, 5.41) is 5.21. The molecule has 0 saturated heterocycles. The second kappa shape index (κ2) is 7.46. The Labute approximate surface area is 147 Å². The topological polar surface area (TPSA) is 92.4 Å². The van der Waals surface area contributed by atoms with E-state index in [1.54, 1.807) is 0 Å². The zero-order valence-electron chi connectivity index (χ0n) is 13.9. The summed E-state index contributed by atoms with van der Waals surface area (Å²) in [4.78, 5) is 11.9.